The van der Waals surface area contributed by atoms with Crippen LogP contribution in [0.3, 0.4) is 0 Å². The van der Waals surface area contributed by atoms with Crippen molar-refractivity contribution in [2.24, 2.45) is 13.0 Å². The maximum absolute atomic E-state index is 13.7. The number of aryl methyl sites for hydroxylation is 1. The number of fused-ring (bicyclic) bond motifs is 1. The van der Waals surface area contributed by atoms with E-state index in [0.717, 1.165) is 58.5 Å². The minimum Gasteiger partial charge on any atom is -0.378 e. The van der Waals surface area contributed by atoms with E-state index in [9.17, 15) is 9.59 Å². The molecule has 8 nitrogen and oxygen atoms in total. The molecule has 1 atom stereocenters. The lowest BCUT2D eigenvalue weighted by molar-refractivity contribution is -0.147. The molecular weight excluding hydrogens is 521 g/mol. The second-order valence-electron chi connectivity index (χ2n) is 8.88. The average molecular weight is 549 g/mol. The quantitative estimate of drug-likeness (QED) is 0.537. The number of amides is 1. The van der Waals surface area contributed by atoms with E-state index in [0.29, 0.717) is 24.9 Å². The van der Waals surface area contributed by atoms with Gasteiger partial charge in [-0.3, -0.25) is 14.3 Å². The molecule has 2 aromatic rings. The fourth-order valence-corrected chi connectivity index (χ4v) is 5.58. The molecule has 2 saturated heterocycles. The maximum atomic E-state index is 13.7. The van der Waals surface area contributed by atoms with E-state index in [4.69, 9.17) is 4.74 Å². The molecule has 3 aliphatic rings. The van der Waals surface area contributed by atoms with Crippen LogP contribution in [0.25, 0.3) is 16.6 Å². The number of hydrogen-bond donors (Lipinski definition) is 0. The highest BCUT2D eigenvalue weighted by Gasteiger charge is 2.37. The molecule has 1 aliphatic carbocycles. The normalized spacial score (nSPS) is 21.7. The first kappa shape index (κ1) is 21.7. The van der Waals surface area contributed by atoms with Gasteiger partial charge in [0.15, 0.2) is 0 Å². The Morgan fingerprint density at radius 1 is 1.31 bits per heavy atom. The van der Waals surface area contributed by atoms with E-state index in [2.05, 4.69) is 39.1 Å². The van der Waals surface area contributed by atoms with Crippen LogP contribution in [0.1, 0.15) is 25.7 Å². The van der Waals surface area contributed by atoms with E-state index in [1.807, 2.05) is 22.7 Å². The Bertz CT molecular complexity index is 1190. The Morgan fingerprint density at radius 3 is 2.69 bits per heavy atom. The highest BCUT2D eigenvalue weighted by Crippen LogP contribution is 2.39. The van der Waals surface area contributed by atoms with Gasteiger partial charge in [0.2, 0.25) is 5.91 Å². The highest BCUT2D eigenvalue weighted by atomic mass is 127. The number of halogens is 1. The summed E-state index contributed by atoms with van der Waals surface area (Å²) >= 11 is 2.23. The molecule has 0 bridgehead atoms. The number of allylic oxidation sites excluding steroid dienone is 3. The van der Waals surface area contributed by atoms with E-state index in [-0.39, 0.29) is 23.5 Å². The summed E-state index contributed by atoms with van der Waals surface area (Å²) in [6.07, 6.45) is 5.06. The highest BCUT2D eigenvalue weighted by molar-refractivity contribution is 14.1. The molecule has 1 amide bonds. The summed E-state index contributed by atoms with van der Waals surface area (Å²) in [6.45, 7) is 7.31. The molecule has 0 radical (unpaired) electrons. The van der Waals surface area contributed by atoms with Crippen molar-refractivity contribution in [1.29, 1.82) is 0 Å². The van der Waals surface area contributed by atoms with Crippen LogP contribution in [0, 0.1) is 5.92 Å². The molecule has 0 aromatic carbocycles. The zero-order valence-corrected chi connectivity index (χ0v) is 20.7. The van der Waals surface area contributed by atoms with Crippen molar-refractivity contribution >= 4 is 50.9 Å². The molecule has 170 valence electrons. The second-order valence-corrected chi connectivity index (χ2v) is 10.2. The number of pyridine rings is 1. The van der Waals surface area contributed by atoms with Gasteiger partial charge in [-0.15, -0.1) is 0 Å². The van der Waals surface area contributed by atoms with Gasteiger partial charge in [0.1, 0.15) is 11.2 Å². The molecule has 0 spiro atoms. The lowest BCUT2D eigenvalue weighted by Gasteiger charge is -2.41. The molecule has 2 aromatic heterocycles. The Kier molecular flexibility index (Phi) is 5.65. The number of anilines is 1. The van der Waals surface area contributed by atoms with Crippen molar-refractivity contribution in [3.8, 4) is 0 Å². The monoisotopic (exact) mass is 549 g/mol. The number of likely N-dealkylation sites (tertiary alicyclic amines) is 1. The zero-order valence-electron chi connectivity index (χ0n) is 18.5. The van der Waals surface area contributed by atoms with Crippen LogP contribution in [0.5, 0.6) is 0 Å². The molecule has 1 unspecified atom stereocenters. The number of ether oxygens (including phenoxy) is 1. The third kappa shape index (κ3) is 3.40. The van der Waals surface area contributed by atoms with E-state index >= 15 is 0 Å². The fraction of sp³-hybridized carbons (Fsp3) is 0.522. The first-order valence-electron chi connectivity index (χ1n) is 11.1. The van der Waals surface area contributed by atoms with Gasteiger partial charge in [0, 0.05) is 68.1 Å². The largest absolute Gasteiger partial charge is 0.378 e. The molecular formula is C23H28IN5O3. The molecule has 0 N–H and O–H groups in total. The van der Waals surface area contributed by atoms with Crippen molar-refractivity contribution < 1.29 is 9.53 Å². The third-order valence-corrected chi connectivity index (χ3v) is 7.73. The predicted octanol–water partition coefficient (Wildman–Crippen LogP) is 2.76. The van der Waals surface area contributed by atoms with E-state index in [1.54, 1.807) is 18.0 Å². The van der Waals surface area contributed by atoms with Crippen LogP contribution in [0.2, 0.25) is 0 Å². The molecule has 2 aliphatic heterocycles. The zero-order chi connectivity index (χ0) is 22.6. The molecule has 9 heteroatoms. The van der Waals surface area contributed by atoms with Crippen molar-refractivity contribution in [1.82, 2.24) is 19.2 Å². The first-order chi connectivity index (χ1) is 15.4. The minimum atomic E-state index is -0.139. The molecule has 4 heterocycles. The van der Waals surface area contributed by atoms with Gasteiger partial charge < -0.3 is 14.5 Å². The summed E-state index contributed by atoms with van der Waals surface area (Å²) in [4.78, 5) is 35.4. The summed E-state index contributed by atoms with van der Waals surface area (Å²) in [7, 11) is 3.59. The van der Waals surface area contributed by atoms with Crippen molar-refractivity contribution in [3.63, 3.8) is 0 Å². The average Bonchev–Trinajstić information content (AvgIpc) is 2.96. The van der Waals surface area contributed by atoms with Crippen LogP contribution < -0.4 is 10.5 Å². The first-order valence-corrected chi connectivity index (χ1v) is 12.2. The smallest absolute Gasteiger partial charge is 0.282 e. The number of methoxy groups -OCH3 is 1. The van der Waals surface area contributed by atoms with Crippen molar-refractivity contribution in [2.75, 3.05) is 38.2 Å². The standard InChI is InChI=1S/C23H28IN5O3/c1-14(24)17-6-5-15(22(30)28-12-16(13-28)32-3)11-19(17)29-23(31)20-18(26(29)2)7-8-25-21(20)27-9-4-10-27/h7-8,15-16H,1,4-6,9-13H2,2-3H3. The van der Waals surface area contributed by atoms with Crippen molar-refractivity contribution in [2.45, 2.75) is 31.8 Å². The van der Waals surface area contributed by atoms with Crippen LogP contribution in [-0.2, 0) is 16.6 Å². The predicted molar refractivity (Wildman–Crippen MR) is 133 cm³/mol. The molecule has 32 heavy (non-hydrogen) atoms. The summed E-state index contributed by atoms with van der Waals surface area (Å²) in [5.41, 5.74) is 2.74. The Labute approximate surface area is 200 Å². The lowest BCUT2D eigenvalue weighted by Crippen LogP contribution is -2.56. The van der Waals surface area contributed by atoms with Gasteiger partial charge in [-0.05, 0) is 53.5 Å². The summed E-state index contributed by atoms with van der Waals surface area (Å²) < 4.78 is 9.91. The minimum absolute atomic E-state index is 0.0702. The fourth-order valence-electron chi connectivity index (χ4n) is 5.00. The third-order valence-electron chi connectivity index (χ3n) is 7.08. The number of nitrogens with zero attached hydrogens (tertiary/aromatic N) is 5. The lowest BCUT2D eigenvalue weighted by atomic mass is 9.85. The van der Waals surface area contributed by atoms with Crippen LogP contribution >= 0.6 is 22.6 Å². The van der Waals surface area contributed by atoms with Gasteiger partial charge in [-0.2, -0.15) is 0 Å². The number of carbonyl (C=O) groups excluding carboxylic acids is 1. The molecule has 0 saturated carbocycles. The van der Waals surface area contributed by atoms with Gasteiger partial charge >= 0.3 is 0 Å². The van der Waals surface area contributed by atoms with Gasteiger partial charge in [-0.1, -0.05) is 6.58 Å². The van der Waals surface area contributed by atoms with Gasteiger partial charge in [-0.25, -0.2) is 9.67 Å². The SMILES string of the molecule is C=C(I)C1=C(n2c(=O)c3c(N4CCC4)nccc3n2C)CC(C(=O)N2CC(OC)C2)CC1. The number of rotatable bonds is 5. The Balaban J connectivity index is 1.56. The number of hydrogen-bond acceptors (Lipinski definition) is 5. The summed E-state index contributed by atoms with van der Waals surface area (Å²) in [5.74, 6) is 0.780. The summed E-state index contributed by atoms with van der Waals surface area (Å²) in [6, 6.07) is 1.89. The van der Waals surface area contributed by atoms with Gasteiger partial charge in [0.25, 0.3) is 5.56 Å². The molecule has 5 rings (SSSR count). The second kappa shape index (κ2) is 8.33. The van der Waals surface area contributed by atoms with Crippen LogP contribution in [0.4, 0.5) is 5.82 Å². The van der Waals surface area contributed by atoms with Crippen LogP contribution in [0.15, 0.2) is 32.8 Å². The summed E-state index contributed by atoms with van der Waals surface area (Å²) in [5, 5.41) is 0.653. The van der Waals surface area contributed by atoms with Crippen molar-refractivity contribution in [3.05, 3.63) is 38.3 Å². The number of aromatic nitrogens is 3. The topological polar surface area (TPSA) is 72.6 Å². The van der Waals surface area contributed by atoms with Gasteiger partial charge in [0.05, 0.1) is 11.6 Å². The molecule has 2 fully saturated rings. The number of carbonyl (C=O) groups is 1. The Hall–Kier alpha value is -2.14. The maximum Gasteiger partial charge on any atom is 0.282 e. The van der Waals surface area contributed by atoms with E-state index < -0.39 is 0 Å². The van der Waals surface area contributed by atoms with Crippen LogP contribution in [-0.4, -0.2) is 64.5 Å². The Morgan fingerprint density at radius 2 is 2.06 bits per heavy atom. The van der Waals surface area contributed by atoms with E-state index in [1.165, 1.54) is 0 Å².